The van der Waals surface area contributed by atoms with Gasteiger partial charge in [0.1, 0.15) is 6.04 Å². The van der Waals surface area contributed by atoms with Crippen LogP contribution in [0.1, 0.15) is 37.9 Å². The molecule has 1 fully saturated rings. The number of amides is 1. The minimum Gasteiger partial charge on any atom is -0.389 e. The molecule has 1 saturated heterocycles. The van der Waals surface area contributed by atoms with E-state index in [1.807, 2.05) is 17.0 Å². The number of nitrogens with two attached hydrogens (primary N) is 1. The maximum absolute atomic E-state index is 11.5. The Morgan fingerprint density at radius 2 is 2.26 bits per heavy atom. The molecule has 1 aliphatic heterocycles. The number of nitrogens with zero attached hydrogens (tertiary/aromatic N) is 1. The van der Waals surface area contributed by atoms with E-state index in [1.165, 1.54) is 0 Å². The van der Waals surface area contributed by atoms with Crippen LogP contribution in [-0.4, -0.2) is 23.6 Å². The summed E-state index contributed by atoms with van der Waals surface area (Å²) < 4.78 is 0. The molecule has 1 unspecified atom stereocenters. The van der Waals surface area contributed by atoms with Crippen molar-refractivity contribution in [2.24, 2.45) is 5.73 Å². The predicted molar refractivity (Wildman–Crippen MR) is 76.3 cm³/mol. The van der Waals surface area contributed by atoms with E-state index < -0.39 is 6.10 Å². The number of anilines is 1. The van der Waals surface area contributed by atoms with E-state index in [1.54, 1.807) is 13.0 Å². The SMILES string of the molecule is C[C@H](O)c1ccc(N2CCCCC2C(N)=O)c(Cl)c1. The number of hydrogen-bond donors (Lipinski definition) is 2. The van der Waals surface area contributed by atoms with Gasteiger partial charge in [-0.2, -0.15) is 0 Å². The molecule has 1 aliphatic rings. The monoisotopic (exact) mass is 282 g/mol. The second-order valence-corrected chi connectivity index (χ2v) is 5.40. The van der Waals surface area contributed by atoms with Crippen LogP contribution in [-0.2, 0) is 4.79 Å². The topological polar surface area (TPSA) is 66.6 Å². The summed E-state index contributed by atoms with van der Waals surface area (Å²) in [5, 5.41) is 10.1. The molecule has 1 aromatic carbocycles. The summed E-state index contributed by atoms with van der Waals surface area (Å²) in [6, 6.07) is 5.14. The Balaban J connectivity index is 2.31. The zero-order valence-electron chi connectivity index (χ0n) is 11.0. The summed E-state index contributed by atoms with van der Waals surface area (Å²) in [5.74, 6) is -0.310. The van der Waals surface area contributed by atoms with Gasteiger partial charge in [-0.1, -0.05) is 17.7 Å². The first-order valence-electron chi connectivity index (χ1n) is 6.54. The maximum atomic E-state index is 11.5. The molecule has 1 aromatic rings. The Kier molecular flexibility index (Phi) is 4.32. The summed E-state index contributed by atoms with van der Waals surface area (Å²) in [5.41, 5.74) is 7.04. The van der Waals surface area contributed by atoms with Crippen LogP contribution in [0.4, 0.5) is 5.69 Å². The van der Waals surface area contributed by atoms with Crippen LogP contribution >= 0.6 is 11.6 Å². The molecule has 2 atom stereocenters. The molecule has 19 heavy (non-hydrogen) atoms. The van der Waals surface area contributed by atoms with Gasteiger partial charge >= 0.3 is 0 Å². The standard InChI is InChI=1S/C14H19ClN2O2/c1-9(18)10-5-6-12(11(15)8-10)17-7-3-2-4-13(17)14(16)19/h5-6,8-9,13,18H,2-4,7H2,1H3,(H2,16,19)/t9-,13?/m0/s1. The fourth-order valence-electron chi connectivity index (χ4n) is 2.53. The number of hydrogen-bond acceptors (Lipinski definition) is 3. The number of piperidine rings is 1. The van der Waals surface area contributed by atoms with Crippen molar-refractivity contribution in [3.05, 3.63) is 28.8 Å². The second kappa shape index (κ2) is 5.80. The highest BCUT2D eigenvalue weighted by Gasteiger charge is 2.28. The van der Waals surface area contributed by atoms with Gasteiger partial charge in [0.2, 0.25) is 5.91 Å². The van der Waals surface area contributed by atoms with Gasteiger partial charge < -0.3 is 15.7 Å². The van der Waals surface area contributed by atoms with Crippen molar-refractivity contribution in [3.63, 3.8) is 0 Å². The Bertz CT molecular complexity index is 477. The van der Waals surface area contributed by atoms with Crippen molar-refractivity contribution >= 4 is 23.2 Å². The molecule has 0 bridgehead atoms. The van der Waals surface area contributed by atoms with Crippen molar-refractivity contribution in [2.45, 2.75) is 38.3 Å². The van der Waals surface area contributed by atoms with E-state index in [-0.39, 0.29) is 11.9 Å². The Labute approximate surface area is 118 Å². The van der Waals surface area contributed by atoms with Gasteiger partial charge in [-0.15, -0.1) is 0 Å². The van der Waals surface area contributed by atoms with Crippen molar-refractivity contribution in [2.75, 3.05) is 11.4 Å². The fraction of sp³-hybridized carbons (Fsp3) is 0.500. The molecule has 0 saturated carbocycles. The van der Waals surface area contributed by atoms with Gasteiger partial charge in [0.15, 0.2) is 0 Å². The lowest BCUT2D eigenvalue weighted by Gasteiger charge is -2.36. The number of benzene rings is 1. The summed E-state index contributed by atoms with van der Waals surface area (Å²) in [6.45, 7) is 2.47. The smallest absolute Gasteiger partial charge is 0.240 e. The molecular weight excluding hydrogens is 264 g/mol. The maximum Gasteiger partial charge on any atom is 0.240 e. The van der Waals surface area contributed by atoms with E-state index in [0.717, 1.165) is 37.1 Å². The minimum absolute atomic E-state index is 0.288. The number of aliphatic hydroxyl groups is 1. The van der Waals surface area contributed by atoms with E-state index in [0.29, 0.717) is 5.02 Å². The average Bonchev–Trinajstić information content (AvgIpc) is 2.38. The predicted octanol–water partition coefficient (Wildman–Crippen LogP) is 2.24. The number of carbonyl (C=O) groups is 1. The van der Waals surface area contributed by atoms with Crippen molar-refractivity contribution in [1.82, 2.24) is 0 Å². The lowest BCUT2D eigenvalue weighted by molar-refractivity contribution is -0.119. The van der Waals surface area contributed by atoms with Gasteiger partial charge in [-0.25, -0.2) is 0 Å². The van der Waals surface area contributed by atoms with Crippen LogP contribution in [0.15, 0.2) is 18.2 Å². The van der Waals surface area contributed by atoms with Crippen LogP contribution in [0.5, 0.6) is 0 Å². The summed E-state index contributed by atoms with van der Waals surface area (Å²) in [6.07, 6.45) is 2.25. The van der Waals surface area contributed by atoms with Gasteiger partial charge in [0, 0.05) is 6.54 Å². The van der Waals surface area contributed by atoms with Gasteiger partial charge in [0.25, 0.3) is 0 Å². The van der Waals surface area contributed by atoms with Gasteiger partial charge in [-0.3, -0.25) is 4.79 Å². The highest BCUT2D eigenvalue weighted by Crippen LogP contribution is 2.33. The number of primary amides is 1. The fourth-order valence-corrected chi connectivity index (χ4v) is 2.83. The lowest BCUT2D eigenvalue weighted by Crippen LogP contribution is -2.48. The number of carbonyl (C=O) groups excluding carboxylic acids is 1. The first-order valence-corrected chi connectivity index (χ1v) is 6.92. The molecular formula is C14H19ClN2O2. The van der Waals surface area contributed by atoms with Crippen LogP contribution in [0.3, 0.4) is 0 Å². The third-order valence-corrected chi connectivity index (χ3v) is 3.90. The van der Waals surface area contributed by atoms with Crippen molar-refractivity contribution < 1.29 is 9.90 Å². The lowest BCUT2D eigenvalue weighted by atomic mass is 10.00. The Hall–Kier alpha value is -1.26. The van der Waals surface area contributed by atoms with Crippen LogP contribution in [0, 0.1) is 0 Å². The second-order valence-electron chi connectivity index (χ2n) is 4.99. The number of aliphatic hydroxyl groups excluding tert-OH is 1. The normalized spacial score (nSPS) is 21.2. The molecule has 1 heterocycles. The third kappa shape index (κ3) is 3.01. The first-order chi connectivity index (χ1) is 9.00. The van der Waals surface area contributed by atoms with Crippen molar-refractivity contribution in [1.29, 1.82) is 0 Å². The highest BCUT2D eigenvalue weighted by atomic mass is 35.5. The number of halogens is 1. The number of rotatable bonds is 3. The quantitative estimate of drug-likeness (QED) is 0.893. The van der Waals surface area contributed by atoms with E-state index >= 15 is 0 Å². The van der Waals surface area contributed by atoms with Crippen LogP contribution in [0.25, 0.3) is 0 Å². The zero-order chi connectivity index (χ0) is 14.0. The largest absolute Gasteiger partial charge is 0.389 e. The highest BCUT2D eigenvalue weighted by molar-refractivity contribution is 6.33. The minimum atomic E-state index is -0.556. The van der Waals surface area contributed by atoms with E-state index in [4.69, 9.17) is 17.3 Å². The third-order valence-electron chi connectivity index (χ3n) is 3.59. The molecule has 0 spiro atoms. The summed E-state index contributed by atoms with van der Waals surface area (Å²) in [4.78, 5) is 13.5. The molecule has 0 aliphatic carbocycles. The van der Waals surface area contributed by atoms with Gasteiger partial charge in [0.05, 0.1) is 16.8 Å². The van der Waals surface area contributed by atoms with E-state index in [9.17, 15) is 9.90 Å². The molecule has 2 rings (SSSR count). The summed E-state index contributed by atoms with van der Waals surface area (Å²) >= 11 is 6.27. The Morgan fingerprint density at radius 3 is 2.84 bits per heavy atom. The molecule has 104 valence electrons. The van der Waals surface area contributed by atoms with Crippen molar-refractivity contribution in [3.8, 4) is 0 Å². The molecule has 0 aromatic heterocycles. The average molecular weight is 283 g/mol. The molecule has 4 nitrogen and oxygen atoms in total. The zero-order valence-corrected chi connectivity index (χ0v) is 11.7. The Morgan fingerprint density at radius 1 is 1.53 bits per heavy atom. The molecule has 0 radical (unpaired) electrons. The van der Waals surface area contributed by atoms with Crippen LogP contribution < -0.4 is 10.6 Å². The summed E-state index contributed by atoms with van der Waals surface area (Å²) in [7, 11) is 0. The van der Waals surface area contributed by atoms with Crippen LogP contribution in [0.2, 0.25) is 5.02 Å². The molecule has 5 heteroatoms. The molecule has 1 amide bonds. The van der Waals surface area contributed by atoms with E-state index in [2.05, 4.69) is 0 Å². The van der Waals surface area contributed by atoms with Gasteiger partial charge in [-0.05, 0) is 43.9 Å². The molecule has 3 N–H and O–H groups in total. The first kappa shape index (κ1) is 14.2.